The summed E-state index contributed by atoms with van der Waals surface area (Å²) >= 11 is 0. The molecule has 6 nitrogen and oxygen atoms in total. The Morgan fingerprint density at radius 2 is 1.85 bits per heavy atom. The second-order valence-electron chi connectivity index (χ2n) is 5.68. The minimum atomic E-state index is -4.46. The van der Waals surface area contributed by atoms with Crippen molar-refractivity contribution < 1.29 is 17.9 Å². The van der Waals surface area contributed by atoms with Crippen LogP contribution in [0, 0.1) is 0 Å². The van der Waals surface area contributed by atoms with Crippen molar-refractivity contribution >= 4 is 11.6 Å². The number of alkyl halides is 3. The van der Waals surface area contributed by atoms with E-state index in [4.69, 9.17) is 4.74 Å². The molecule has 0 saturated carbocycles. The minimum Gasteiger partial charge on any atom is -0.497 e. The number of H-pyrrole nitrogens is 1. The fourth-order valence-electron chi connectivity index (χ4n) is 2.38. The van der Waals surface area contributed by atoms with Gasteiger partial charge in [0, 0.05) is 12.1 Å². The average molecular weight is 376 g/mol. The van der Waals surface area contributed by atoms with Gasteiger partial charge in [0.05, 0.1) is 12.7 Å². The van der Waals surface area contributed by atoms with Crippen LogP contribution in [-0.4, -0.2) is 22.3 Å². The fourth-order valence-corrected chi connectivity index (χ4v) is 2.38. The number of anilines is 2. The van der Waals surface area contributed by atoms with Gasteiger partial charge in [0.15, 0.2) is 0 Å². The molecule has 140 valence electrons. The molecule has 3 rings (SSSR count). The van der Waals surface area contributed by atoms with E-state index < -0.39 is 17.3 Å². The Hall–Kier alpha value is -3.36. The van der Waals surface area contributed by atoms with E-state index >= 15 is 0 Å². The van der Waals surface area contributed by atoms with Gasteiger partial charge in [-0.05, 0) is 35.9 Å². The first-order valence-electron chi connectivity index (χ1n) is 7.88. The lowest BCUT2D eigenvalue weighted by atomic mass is 10.1. The van der Waals surface area contributed by atoms with Gasteiger partial charge in [-0.15, -0.1) is 10.2 Å². The van der Waals surface area contributed by atoms with E-state index in [1.807, 2.05) is 0 Å². The molecule has 0 unspecified atom stereocenters. The zero-order valence-corrected chi connectivity index (χ0v) is 14.2. The van der Waals surface area contributed by atoms with E-state index in [2.05, 4.69) is 20.5 Å². The molecule has 0 atom stereocenters. The molecule has 0 aliphatic heterocycles. The number of aromatic amines is 1. The quantitative estimate of drug-likeness (QED) is 0.712. The fraction of sp³-hybridized carbons (Fsp3) is 0.167. The number of rotatable bonds is 5. The van der Waals surface area contributed by atoms with E-state index in [1.54, 1.807) is 31.4 Å². The van der Waals surface area contributed by atoms with Crippen LogP contribution in [0.4, 0.5) is 24.8 Å². The van der Waals surface area contributed by atoms with Crippen molar-refractivity contribution in [2.24, 2.45) is 0 Å². The number of benzene rings is 2. The van der Waals surface area contributed by atoms with Gasteiger partial charge in [0.25, 0.3) is 5.56 Å². The normalized spacial score (nSPS) is 11.3. The molecule has 1 aromatic heterocycles. The molecule has 1 heterocycles. The molecule has 27 heavy (non-hydrogen) atoms. The smallest absolute Gasteiger partial charge is 0.416 e. The highest BCUT2D eigenvalue weighted by Gasteiger charge is 2.30. The molecule has 3 aromatic rings. The van der Waals surface area contributed by atoms with Crippen LogP contribution in [-0.2, 0) is 12.6 Å². The SMILES string of the molecule is COc1ccc(Cc2nnc(Nc3cccc(C(F)(F)F)c3)[nH]c2=O)cc1. The molecule has 0 amide bonds. The summed E-state index contributed by atoms with van der Waals surface area (Å²) in [4.78, 5) is 14.7. The summed E-state index contributed by atoms with van der Waals surface area (Å²) in [5.74, 6) is 0.650. The summed E-state index contributed by atoms with van der Waals surface area (Å²) in [6, 6.07) is 11.7. The predicted octanol–water partition coefficient (Wildman–Crippen LogP) is 3.53. The Kier molecular flexibility index (Phi) is 5.11. The van der Waals surface area contributed by atoms with Crippen molar-refractivity contribution in [2.45, 2.75) is 12.6 Å². The maximum absolute atomic E-state index is 12.8. The number of nitrogens with one attached hydrogen (secondary N) is 2. The lowest BCUT2D eigenvalue weighted by molar-refractivity contribution is -0.137. The van der Waals surface area contributed by atoms with Gasteiger partial charge >= 0.3 is 6.18 Å². The van der Waals surface area contributed by atoms with E-state index in [0.29, 0.717) is 5.75 Å². The van der Waals surface area contributed by atoms with Crippen molar-refractivity contribution in [2.75, 3.05) is 12.4 Å². The van der Waals surface area contributed by atoms with Crippen molar-refractivity contribution in [1.29, 1.82) is 0 Å². The molecular weight excluding hydrogens is 361 g/mol. The molecule has 0 bridgehead atoms. The maximum Gasteiger partial charge on any atom is 0.416 e. The predicted molar refractivity (Wildman–Crippen MR) is 93.2 cm³/mol. The Balaban J connectivity index is 1.75. The van der Waals surface area contributed by atoms with Crippen LogP contribution in [0.2, 0.25) is 0 Å². The van der Waals surface area contributed by atoms with Crippen LogP contribution >= 0.6 is 0 Å². The van der Waals surface area contributed by atoms with Crippen LogP contribution < -0.4 is 15.6 Å². The van der Waals surface area contributed by atoms with Crippen LogP contribution in [0.15, 0.2) is 53.3 Å². The Morgan fingerprint density at radius 1 is 1.11 bits per heavy atom. The third-order valence-electron chi connectivity index (χ3n) is 3.75. The number of hydrogen-bond acceptors (Lipinski definition) is 5. The van der Waals surface area contributed by atoms with Gasteiger partial charge in [-0.3, -0.25) is 9.78 Å². The summed E-state index contributed by atoms with van der Waals surface area (Å²) < 4.78 is 43.3. The van der Waals surface area contributed by atoms with Crippen molar-refractivity contribution in [1.82, 2.24) is 15.2 Å². The topological polar surface area (TPSA) is 79.9 Å². The highest BCUT2D eigenvalue weighted by molar-refractivity contribution is 5.54. The summed E-state index contributed by atoms with van der Waals surface area (Å²) in [7, 11) is 1.56. The van der Waals surface area contributed by atoms with Gasteiger partial charge < -0.3 is 10.1 Å². The number of methoxy groups -OCH3 is 1. The van der Waals surface area contributed by atoms with Crippen LogP contribution in [0.25, 0.3) is 0 Å². The molecule has 0 spiro atoms. The second-order valence-corrected chi connectivity index (χ2v) is 5.68. The molecule has 0 saturated heterocycles. The first kappa shape index (κ1) is 18.4. The first-order chi connectivity index (χ1) is 12.8. The first-order valence-corrected chi connectivity index (χ1v) is 7.88. The maximum atomic E-state index is 12.8. The third-order valence-corrected chi connectivity index (χ3v) is 3.75. The summed E-state index contributed by atoms with van der Waals surface area (Å²) in [5.41, 5.74) is -0.115. The van der Waals surface area contributed by atoms with Gasteiger partial charge in [0.2, 0.25) is 5.95 Å². The highest BCUT2D eigenvalue weighted by atomic mass is 19.4. The van der Waals surface area contributed by atoms with Gasteiger partial charge in [0.1, 0.15) is 11.4 Å². The molecule has 0 aliphatic rings. The summed E-state index contributed by atoms with van der Waals surface area (Å²) in [6.07, 6.45) is -4.20. The zero-order chi connectivity index (χ0) is 19.4. The van der Waals surface area contributed by atoms with Crippen molar-refractivity contribution in [3.63, 3.8) is 0 Å². The monoisotopic (exact) mass is 376 g/mol. The lowest BCUT2D eigenvalue weighted by Crippen LogP contribution is -2.19. The highest BCUT2D eigenvalue weighted by Crippen LogP contribution is 2.31. The lowest BCUT2D eigenvalue weighted by Gasteiger charge is -2.10. The van der Waals surface area contributed by atoms with Gasteiger partial charge in [-0.2, -0.15) is 13.2 Å². The molecular formula is C18H15F3N4O2. The number of aromatic nitrogens is 3. The van der Waals surface area contributed by atoms with E-state index in [1.165, 1.54) is 12.1 Å². The van der Waals surface area contributed by atoms with Crippen LogP contribution in [0.1, 0.15) is 16.8 Å². The minimum absolute atomic E-state index is 0.0437. The number of hydrogen-bond donors (Lipinski definition) is 2. The number of nitrogens with zero attached hydrogens (tertiary/aromatic N) is 2. The molecule has 2 N–H and O–H groups in total. The number of halogens is 3. The van der Waals surface area contributed by atoms with E-state index in [-0.39, 0.29) is 23.8 Å². The standard InChI is InChI=1S/C18H15F3N4O2/c1-27-14-7-5-11(6-8-14)9-15-16(26)23-17(25-24-15)22-13-4-2-3-12(10-13)18(19,20)21/h2-8,10H,9H2,1H3,(H2,22,23,25,26). The third kappa shape index (κ3) is 4.63. The largest absolute Gasteiger partial charge is 0.497 e. The molecule has 9 heteroatoms. The van der Waals surface area contributed by atoms with Gasteiger partial charge in [-0.1, -0.05) is 18.2 Å². The molecule has 2 aromatic carbocycles. The summed E-state index contributed by atoms with van der Waals surface area (Å²) in [6.45, 7) is 0. The van der Waals surface area contributed by atoms with Crippen LogP contribution in [0.5, 0.6) is 5.75 Å². The van der Waals surface area contributed by atoms with Crippen molar-refractivity contribution in [3.8, 4) is 5.75 Å². The Morgan fingerprint density at radius 3 is 2.48 bits per heavy atom. The number of ether oxygens (including phenoxy) is 1. The Labute approximate surface area is 152 Å². The van der Waals surface area contributed by atoms with E-state index in [0.717, 1.165) is 17.7 Å². The second kappa shape index (κ2) is 7.48. The zero-order valence-electron chi connectivity index (χ0n) is 14.2. The van der Waals surface area contributed by atoms with Crippen LogP contribution in [0.3, 0.4) is 0 Å². The molecule has 0 aliphatic carbocycles. The molecule has 0 fully saturated rings. The average Bonchev–Trinajstić information content (AvgIpc) is 2.64. The van der Waals surface area contributed by atoms with Gasteiger partial charge in [-0.25, -0.2) is 0 Å². The summed E-state index contributed by atoms with van der Waals surface area (Å²) in [5, 5.41) is 10.3. The van der Waals surface area contributed by atoms with E-state index in [9.17, 15) is 18.0 Å². The molecule has 0 radical (unpaired) electrons. The Bertz CT molecular complexity index is 985. The van der Waals surface area contributed by atoms with Crippen molar-refractivity contribution in [3.05, 3.63) is 75.7 Å².